The number of rotatable bonds is 6. The lowest BCUT2D eigenvalue weighted by Crippen LogP contribution is -2.30. The van der Waals surface area contributed by atoms with Crippen molar-refractivity contribution in [1.29, 1.82) is 0 Å². The molecule has 154 valence electrons. The molecule has 7 nitrogen and oxygen atoms in total. The van der Waals surface area contributed by atoms with Gasteiger partial charge in [0.05, 0.1) is 12.2 Å². The molecule has 0 saturated carbocycles. The Balaban J connectivity index is 1.75. The smallest absolute Gasteiger partial charge is 0.338 e. The normalized spacial score (nSPS) is 15.4. The summed E-state index contributed by atoms with van der Waals surface area (Å²) in [6.45, 7) is 6.41. The second kappa shape index (κ2) is 8.41. The van der Waals surface area contributed by atoms with Gasteiger partial charge in [-0.1, -0.05) is 42.5 Å². The summed E-state index contributed by atoms with van der Waals surface area (Å²) in [5.74, 6) is 0.866. The highest BCUT2D eigenvalue weighted by atomic mass is 16.5. The third-order valence-corrected chi connectivity index (χ3v) is 5.15. The third kappa shape index (κ3) is 3.66. The molecule has 2 heterocycles. The van der Waals surface area contributed by atoms with Crippen LogP contribution in [0.1, 0.15) is 36.6 Å². The summed E-state index contributed by atoms with van der Waals surface area (Å²) in [5.41, 5.74) is 4.27. The highest BCUT2D eigenvalue weighted by Gasteiger charge is 2.35. The Hall–Kier alpha value is -3.61. The van der Waals surface area contributed by atoms with Crippen LogP contribution in [-0.4, -0.2) is 27.3 Å². The van der Waals surface area contributed by atoms with Gasteiger partial charge in [-0.3, -0.25) is 0 Å². The molecule has 0 amide bonds. The molecule has 0 saturated heterocycles. The summed E-state index contributed by atoms with van der Waals surface area (Å²) in [6, 6.07) is 15.3. The molecule has 1 unspecified atom stereocenters. The van der Waals surface area contributed by atoms with Gasteiger partial charge in [-0.05, 0) is 38.0 Å². The van der Waals surface area contributed by atoms with E-state index in [-0.39, 0.29) is 12.6 Å². The Morgan fingerprint density at radius 3 is 2.70 bits per heavy atom. The number of hydrogen-bond donors (Lipinski definition) is 1. The van der Waals surface area contributed by atoms with E-state index in [9.17, 15) is 4.79 Å². The van der Waals surface area contributed by atoms with E-state index >= 15 is 0 Å². The molecule has 4 rings (SSSR count). The predicted octanol–water partition coefficient (Wildman–Crippen LogP) is 4.02. The summed E-state index contributed by atoms with van der Waals surface area (Å²) in [4.78, 5) is 17.1. The van der Waals surface area contributed by atoms with Crippen molar-refractivity contribution in [3.05, 3.63) is 82.8 Å². The van der Waals surface area contributed by atoms with Crippen LogP contribution in [0.15, 0.2) is 66.1 Å². The average Bonchev–Trinajstić information content (AvgIpc) is 3.20. The molecule has 1 atom stereocenters. The van der Waals surface area contributed by atoms with Gasteiger partial charge in [0.1, 0.15) is 24.7 Å². The van der Waals surface area contributed by atoms with Gasteiger partial charge >= 0.3 is 5.97 Å². The van der Waals surface area contributed by atoms with E-state index in [1.807, 2.05) is 49.4 Å². The molecule has 0 fully saturated rings. The van der Waals surface area contributed by atoms with Gasteiger partial charge in [0.2, 0.25) is 5.95 Å². The summed E-state index contributed by atoms with van der Waals surface area (Å²) < 4.78 is 13.2. The number of nitrogens with zero attached hydrogens (tertiary/aromatic N) is 3. The topological polar surface area (TPSA) is 78.3 Å². The predicted molar refractivity (Wildman–Crippen MR) is 113 cm³/mol. The maximum Gasteiger partial charge on any atom is 0.338 e. The zero-order valence-corrected chi connectivity index (χ0v) is 17.3. The number of allylic oxidation sites excluding steroid dienone is 1. The zero-order chi connectivity index (χ0) is 21.1. The van der Waals surface area contributed by atoms with Crippen molar-refractivity contribution in [2.75, 3.05) is 11.9 Å². The minimum absolute atomic E-state index is 0.290. The van der Waals surface area contributed by atoms with Gasteiger partial charge in [0.15, 0.2) is 0 Å². The lowest BCUT2D eigenvalue weighted by Gasteiger charge is -2.29. The Kier molecular flexibility index (Phi) is 5.52. The van der Waals surface area contributed by atoms with Crippen molar-refractivity contribution in [2.24, 2.45) is 0 Å². The fourth-order valence-corrected chi connectivity index (χ4v) is 3.62. The summed E-state index contributed by atoms with van der Waals surface area (Å²) in [6.07, 6.45) is 1.47. The average molecular weight is 404 g/mol. The number of carbonyl (C=O) groups is 1. The second-order valence-corrected chi connectivity index (χ2v) is 7.07. The molecule has 7 heteroatoms. The van der Waals surface area contributed by atoms with E-state index in [0.717, 1.165) is 11.1 Å². The van der Waals surface area contributed by atoms with Gasteiger partial charge in [-0.2, -0.15) is 10.1 Å². The first-order chi connectivity index (χ1) is 14.6. The van der Waals surface area contributed by atoms with E-state index in [1.54, 1.807) is 11.6 Å². The minimum Gasteiger partial charge on any atom is -0.489 e. The van der Waals surface area contributed by atoms with Crippen LogP contribution in [0.25, 0.3) is 0 Å². The summed E-state index contributed by atoms with van der Waals surface area (Å²) >= 11 is 0. The number of aromatic nitrogens is 3. The van der Waals surface area contributed by atoms with Crippen LogP contribution in [0.5, 0.6) is 5.75 Å². The maximum absolute atomic E-state index is 12.8. The highest BCUT2D eigenvalue weighted by molar-refractivity contribution is 5.92. The molecule has 0 aliphatic carbocycles. The molecule has 1 aliphatic rings. The monoisotopic (exact) mass is 404 g/mol. The van der Waals surface area contributed by atoms with Crippen LogP contribution >= 0.6 is 0 Å². The van der Waals surface area contributed by atoms with Gasteiger partial charge in [-0.25, -0.2) is 9.48 Å². The molecule has 30 heavy (non-hydrogen) atoms. The number of anilines is 1. The molecule has 2 aromatic carbocycles. The van der Waals surface area contributed by atoms with Crippen LogP contribution in [0, 0.1) is 6.92 Å². The SMILES string of the molecule is CCOC(=O)C1=C(C)Nc2ncnn2C1c1ccccc1OCc1ccccc1C. The molecule has 1 aliphatic heterocycles. The van der Waals surface area contributed by atoms with E-state index in [4.69, 9.17) is 9.47 Å². The Morgan fingerprint density at radius 1 is 1.13 bits per heavy atom. The van der Waals surface area contributed by atoms with E-state index in [0.29, 0.717) is 29.6 Å². The van der Waals surface area contributed by atoms with Crippen molar-refractivity contribution < 1.29 is 14.3 Å². The van der Waals surface area contributed by atoms with Crippen molar-refractivity contribution >= 4 is 11.9 Å². The van der Waals surface area contributed by atoms with E-state index < -0.39 is 6.04 Å². The van der Waals surface area contributed by atoms with Crippen LogP contribution < -0.4 is 10.1 Å². The fraction of sp³-hybridized carbons (Fsp3) is 0.261. The van der Waals surface area contributed by atoms with E-state index in [1.165, 1.54) is 11.9 Å². The summed E-state index contributed by atoms with van der Waals surface area (Å²) in [7, 11) is 0. The molecule has 0 radical (unpaired) electrons. The second-order valence-electron chi connectivity index (χ2n) is 7.07. The molecule has 3 aromatic rings. The van der Waals surface area contributed by atoms with Crippen molar-refractivity contribution in [1.82, 2.24) is 14.8 Å². The first-order valence-electron chi connectivity index (χ1n) is 9.90. The maximum atomic E-state index is 12.8. The first-order valence-corrected chi connectivity index (χ1v) is 9.90. The van der Waals surface area contributed by atoms with Gasteiger partial charge < -0.3 is 14.8 Å². The number of fused-ring (bicyclic) bond motifs is 1. The Bertz CT molecular complexity index is 1100. The highest BCUT2D eigenvalue weighted by Crippen LogP contribution is 2.39. The van der Waals surface area contributed by atoms with Gasteiger partial charge in [-0.15, -0.1) is 0 Å². The van der Waals surface area contributed by atoms with Crippen LogP contribution in [0.3, 0.4) is 0 Å². The lowest BCUT2D eigenvalue weighted by molar-refractivity contribution is -0.139. The van der Waals surface area contributed by atoms with Crippen molar-refractivity contribution in [3.8, 4) is 5.75 Å². The fourth-order valence-electron chi connectivity index (χ4n) is 3.62. The van der Waals surface area contributed by atoms with Crippen molar-refractivity contribution in [2.45, 2.75) is 33.4 Å². The molecule has 0 spiro atoms. The molecular formula is C23H24N4O3. The van der Waals surface area contributed by atoms with E-state index in [2.05, 4.69) is 28.4 Å². The number of benzene rings is 2. The zero-order valence-electron chi connectivity index (χ0n) is 17.3. The largest absolute Gasteiger partial charge is 0.489 e. The Morgan fingerprint density at radius 2 is 1.90 bits per heavy atom. The number of hydrogen-bond acceptors (Lipinski definition) is 6. The van der Waals surface area contributed by atoms with Gasteiger partial charge in [0.25, 0.3) is 0 Å². The Labute approximate surface area is 175 Å². The number of carbonyl (C=O) groups excluding carboxylic acids is 1. The third-order valence-electron chi connectivity index (χ3n) is 5.15. The lowest BCUT2D eigenvalue weighted by atomic mass is 9.95. The minimum atomic E-state index is -0.504. The summed E-state index contributed by atoms with van der Waals surface area (Å²) in [5, 5.41) is 7.50. The number of ether oxygens (including phenoxy) is 2. The number of nitrogens with one attached hydrogen (secondary N) is 1. The van der Waals surface area contributed by atoms with Crippen LogP contribution in [0.2, 0.25) is 0 Å². The molecular weight excluding hydrogens is 380 g/mol. The van der Waals surface area contributed by atoms with Crippen LogP contribution in [0.4, 0.5) is 5.95 Å². The van der Waals surface area contributed by atoms with Crippen molar-refractivity contribution in [3.63, 3.8) is 0 Å². The number of aryl methyl sites for hydroxylation is 1. The number of para-hydroxylation sites is 1. The first kappa shape index (κ1) is 19.7. The van der Waals surface area contributed by atoms with Crippen LogP contribution in [-0.2, 0) is 16.1 Å². The number of esters is 1. The van der Waals surface area contributed by atoms with Gasteiger partial charge in [0, 0.05) is 11.3 Å². The quantitative estimate of drug-likeness (QED) is 0.625. The molecule has 1 N–H and O–H groups in total. The standard InChI is InChI=1S/C23H24N4O3/c1-4-29-22(28)20-16(3)26-23-24-14-25-27(23)21(20)18-11-7-8-12-19(18)30-13-17-10-6-5-9-15(17)2/h5-12,14,21H,4,13H2,1-3H3,(H,24,25,26). The molecule has 1 aromatic heterocycles. The molecule has 0 bridgehead atoms.